The van der Waals surface area contributed by atoms with E-state index < -0.39 is 0 Å². The summed E-state index contributed by atoms with van der Waals surface area (Å²) in [5.41, 5.74) is 7.35. The van der Waals surface area contributed by atoms with Crippen LogP contribution < -0.4 is 11.1 Å². The quantitative estimate of drug-likeness (QED) is 0.808. The summed E-state index contributed by atoms with van der Waals surface area (Å²) in [5, 5.41) is 3.37. The highest BCUT2D eigenvalue weighted by atomic mass is 15.2. The zero-order chi connectivity index (χ0) is 12.1. The lowest BCUT2D eigenvalue weighted by Crippen LogP contribution is -2.48. The van der Waals surface area contributed by atoms with Gasteiger partial charge in [0, 0.05) is 50.7 Å². The van der Waals surface area contributed by atoms with E-state index in [-0.39, 0.29) is 6.04 Å². The SMILES string of the molecule is CC(CC(N)c1cccnc1)N1CCNCC1. The van der Waals surface area contributed by atoms with Crippen molar-refractivity contribution < 1.29 is 0 Å². The molecule has 4 heteroatoms. The Labute approximate surface area is 103 Å². The molecule has 0 spiro atoms. The van der Waals surface area contributed by atoms with Crippen LogP contribution in [-0.4, -0.2) is 42.1 Å². The molecule has 2 atom stereocenters. The number of nitrogens with two attached hydrogens (primary N) is 1. The average Bonchev–Trinajstić information content (AvgIpc) is 2.40. The number of piperazine rings is 1. The Morgan fingerprint density at radius 3 is 2.88 bits per heavy atom. The molecule has 94 valence electrons. The predicted molar refractivity (Wildman–Crippen MR) is 69.7 cm³/mol. The van der Waals surface area contributed by atoms with Crippen molar-refractivity contribution in [2.45, 2.75) is 25.4 Å². The van der Waals surface area contributed by atoms with Gasteiger partial charge in [0.25, 0.3) is 0 Å². The summed E-state index contributed by atoms with van der Waals surface area (Å²) in [6.45, 7) is 6.70. The second kappa shape index (κ2) is 6.10. The first-order chi connectivity index (χ1) is 8.27. The van der Waals surface area contributed by atoms with E-state index in [9.17, 15) is 0 Å². The Bertz CT molecular complexity index is 321. The van der Waals surface area contributed by atoms with E-state index in [0.29, 0.717) is 6.04 Å². The summed E-state index contributed by atoms with van der Waals surface area (Å²) in [4.78, 5) is 6.63. The third kappa shape index (κ3) is 3.49. The van der Waals surface area contributed by atoms with Crippen LogP contribution in [0.1, 0.15) is 24.9 Å². The lowest BCUT2D eigenvalue weighted by Gasteiger charge is -2.34. The van der Waals surface area contributed by atoms with Crippen LogP contribution in [0, 0.1) is 0 Å². The fraction of sp³-hybridized carbons (Fsp3) is 0.615. The number of hydrogen-bond donors (Lipinski definition) is 2. The first-order valence-corrected chi connectivity index (χ1v) is 6.37. The van der Waals surface area contributed by atoms with E-state index >= 15 is 0 Å². The maximum atomic E-state index is 6.22. The maximum Gasteiger partial charge on any atom is 0.0325 e. The van der Waals surface area contributed by atoms with Crippen molar-refractivity contribution in [1.29, 1.82) is 0 Å². The van der Waals surface area contributed by atoms with Crippen molar-refractivity contribution in [2.24, 2.45) is 5.73 Å². The molecular formula is C13H22N4. The van der Waals surface area contributed by atoms with E-state index in [2.05, 4.69) is 28.2 Å². The van der Waals surface area contributed by atoms with Crippen LogP contribution in [0.2, 0.25) is 0 Å². The van der Waals surface area contributed by atoms with Crippen LogP contribution in [0.5, 0.6) is 0 Å². The van der Waals surface area contributed by atoms with Crippen LogP contribution in [0.3, 0.4) is 0 Å². The lowest BCUT2D eigenvalue weighted by atomic mass is 10.0. The molecule has 2 unspecified atom stereocenters. The second-order valence-electron chi connectivity index (χ2n) is 4.76. The Morgan fingerprint density at radius 1 is 1.47 bits per heavy atom. The smallest absolute Gasteiger partial charge is 0.0325 e. The van der Waals surface area contributed by atoms with Gasteiger partial charge in [-0.25, -0.2) is 0 Å². The molecule has 1 aliphatic heterocycles. The Balaban J connectivity index is 1.87. The summed E-state index contributed by atoms with van der Waals surface area (Å²) >= 11 is 0. The van der Waals surface area contributed by atoms with Crippen molar-refractivity contribution in [3.63, 3.8) is 0 Å². The number of pyridine rings is 1. The molecule has 0 amide bonds. The fourth-order valence-corrected chi connectivity index (χ4v) is 2.37. The molecule has 1 aliphatic rings. The largest absolute Gasteiger partial charge is 0.324 e. The van der Waals surface area contributed by atoms with Crippen molar-refractivity contribution in [3.8, 4) is 0 Å². The van der Waals surface area contributed by atoms with E-state index in [1.54, 1.807) is 6.20 Å². The molecule has 2 rings (SSSR count). The first-order valence-electron chi connectivity index (χ1n) is 6.37. The third-order valence-electron chi connectivity index (χ3n) is 3.48. The molecule has 1 aromatic rings. The predicted octanol–water partition coefficient (Wildman–Crippen LogP) is 0.765. The zero-order valence-electron chi connectivity index (χ0n) is 10.5. The van der Waals surface area contributed by atoms with Gasteiger partial charge in [-0.1, -0.05) is 6.07 Å². The van der Waals surface area contributed by atoms with E-state index in [4.69, 9.17) is 5.73 Å². The highest BCUT2D eigenvalue weighted by Crippen LogP contribution is 2.17. The number of rotatable bonds is 4. The molecule has 17 heavy (non-hydrogen) atoms. The van der Waals surface area contributed by atoms with E-state index in [0.717, 1.165) is 38.2 Å². The monoisotopic (exact) mass is 234 g/mol. The fourth-order valence-electron chi connectivity index (χ4n) is 2.37. The molecule has 1 fully saturated rings. The number of aromatic nitrogens is 1. The molecule has 1 aromatic heterocycles. The van der Waals surface area contributed by atoms with Crippen LogP contribution in [-0.2, 0) is 0 Å². The normalized spacial score (nSPS) is 21.1. The van der Waals surface area contributed by atoms with Gasteiger partial charge < -0.3 is 11.1 Å². The maximum absolute atomic E-state index is 6.22. The summed E-state index contributed by atoms with van der Waals surface area (Å²) in [5.74, 6) is 0. The molecule has 4 nitrogen and oxygen atoms in total. The van der Waals surface area contributed by atoms with Gasteiger partial charge in [-0.05, 0) is 25.0 Å². The highest BCUT2D eigenvalue weighted by Gasteiger charge is 2.19. The molecule has 0 saturated carbocycles. The van der Waals surface area contributed by atoms with Crippen molar-refractivity contribution in [3.05, 3.63) is 30.1 Å². The molecule has 0 radical (unpaired) electrons. The Morgan fingerprint density at radius 2 is 2.24 bits per heavy atom. The van der Waals surface area contributed by atoms with Crippen LogP contribution in [0.25, 0.3) is 0 Å². The van der Waals surface area contributed by atoms with Crippen LogP contribution in [0.4, 0.5) is 0 Å². The first kappa shape index (κ1) is 12.5. The topological polar surface area (TPSA) is 54.2 Å². The molecular weight excluding hydrogens is 212 g/mol. The van der Waals surface area contributed by atoms with Gasteiger partial charge in [0.15, 0.2) is 0 Å². The minimum absolute atomic E-state index is 0.0913. The number of hydrogen-bond acceptors (Lipinski definition) is 4. The molecule has 0 aliphatic carbocycles. The van der Waals surface area contributed by atoms with Crippen molar-refractivity contribution in [2.75, 3.05) is 26.2 Å². The van der Waals surface area contributed by atoms with Gasteiger partial charge >= 0.3 is 0 Å². The zero-order valence-corrected chi connectivity index (χ0v) is 10.5. The van der Waals surface area contributed by atoms with Gasteiger partial charge in [0.1, 0.15) is 0 Å². The molecule has 2 heterocycles. The minimum Gasteiger partial charge on any atom is -0.324 e. The average molecular weight is 234 g/mol. The Kier molecular flexibility index (Phi) is 4.48. The summed E-state index contributed by atoms with van der Waals surface area (Å²) < 4.78 is 0. The van der Waals surface area contributed by atoms with Gasteiger partial charge in [-0.3, -0.25) is 9.88 Å². The van der Waals surface area contributed by atoms with Crippen molar-refractivity contribution in [1.82, 2.24) is 15.2 Å². The van der Waals surface area contributed by atoms with E-state index in [1.165, 1.54) is 0 Å². The molecule has 3 N–H and O–H groups in total. The Hall–Kier alpha value is -0.970. The minimum atomic E-state index is 0.0913. The summed E-state index contributed by atoms with van der Waals surface area (Å²) in [6, 6.07) is 4.63. The standard InChI is InChI=1S/C13H22N4/c1-11(17-7-5-15-6-8-17)9-13(14)12-3-2-4-16-10-12/h2-4,10-11,13,15H,5-9,14H2,1H3. The van der Waals surface area contributed by atoms with Gasteiger partial charge in [0.2, 0.25) is 0 Å². The van der Waals surface area contributed by atoms with Crippen LogP contribution >= 0.6 is 0 Å². The molecule has 0 aromatic carbocycles. The van der Waals surface area contributed by atoms with E-state index in [1.807, 2.05) is 12.3 Å². The van der Waals surface area contributed by atoms with Gasteiger partial charge in [-0.15, -0.1) is 0 Å². The van der Waals surface area contributed by atoms with Gasteiger partial charge in [-0.2, -0.15) is 0 Å². The number of nitrogens with zero attached hydrogens (tertiary/aromatic N) is 2. The lowest BCUT2D eigenvalue weighted by molar-refractivity contribution is 0.170. The number of nitrogens with one attached hydrogen (secondary N) is 1. The highest BCUT2D eigenvalue weighted by molar-refractivity contribution is 5.13. The third-order valence-corrected chi connectivity index (χ3v) is 3.48. The molecule has 1 saturated heterocycles. The summed E-state index contributed by atoms with van der Waals surface area (Å²) in [7, 11) is 0. The molecule has 0 bridgehead atoms. The van der Waals surface area contributed by atoms with Crippen LogP contribution in [0.15, 0.2) is 24.5 Å². The summed E-state index contributed by atoms with van der Waals surface area (Å²) in [6.07, 6.45) is 4.65. The van der Waals surface area contributed by atoms with Gasteiger partial charge in [0.05, 0.1) is 0 Å². The van der Waals surface area contributed by atoms with Crippen molar-refractivity contribution >= 4 is 0 Å². The second-order valence-corrected chi connectivity index (χ2v) is 4.76.